The lowest BCUT2D eigenvalue weighted by molar-refractivity contribution is 0.102. The molecule has 0 spiro atoms. The Morgan fingerprint density at radius 2 is 2.10 bits per heavy atom. The molecule has 0 atom stereocenters. The molecule has 0 saturated heterocycles. The second-order valence-electron chi connectivity index (χ2n) is 4.33. The lowest BCUT2D eigenvalue weighted by Gasteiger charge is -2.09. The molecule has 0 aliphatic rings. The molecule has 0 aromatic heterocycles. The molecule has 2 rings (SSSR count). The predicted octanol–water partition coefficient (Wildman–Crippen LogP) is 3.32. The molecule has 0 radical (unpaired) electrons. The number of methoxy groups -OCH3 is 1. The second kappa shape index (κ2) is 6.41. The lowest BCUT2D eigenvalue weighted by Crippen LogP contribution is -2.13. The Kier molecular flexibility index (Phi) is 4.61. The van der Waals surface area contributed by atoms with Crippen molar-refractivity contribution >= 4 is 28.9 Å². The number of nitrogen functional groups attached to an aromatic ring is 1. The van der Waals surface area contributed by atoms with Gasteiger partial charge in [0, 0.05) is 18.5 Å². The Hall–Kier alpha value is -2.04. The molecule has 0 saturated carbocycles. The highest BCUT2D eigenvalue weighted by molar-refractivity contribution is 6.34. The summed E-state index contributed by atoms with van der Waals surface area (Å²) in [6, 6.07) is 12.2. The van der Waals surface area contributed by atoms with Crippen molar-refractivity contribution in [3.63, 3.8) is 0 Å². The maximum atomic E-state index is 12.2. The molecule has 0 fully saturated rings. The third-order valence-corrected chi connectivity index (χ3v) is 3.06. The molecule has 2 aromatic rings. The summed E-state index contributed by atoms with van der Waals surface area (Å²) in [5.41, 5.74) is 8.17. The minimum absolute atomic E-state index is 0.295. The van der Waals surface area contributed by atoms with Crippen LogP contribution in [0, 0.1) is 0 Å². The molecule has 0 aliphatic carbocycles. The zero-order chi connectivity index (χ0) is 14.5. The van der Waals surface area contributed by atoms with Crippen molar-refractivity contribution in [1.82, 2.24) is 0 Å². The monoisotopic (exact) mass is 290 g/mol. The number of amides is 1. The van der Waals surface area contributed by atoms with Crippen LogP contribution in [0.15, 0.2) is 42.5 Å². The molecular formula is C15H15ClN2O2. The zero-order valence-electron chi connectivity index (χ0n) is 11.0. The van der Waals surface area contributed by atoms with E-state index in [-0.39, 0.29) is 5.91 Å². The predicted molar refractivity (Wildman–Crippen MR) is 81.0 cm³/mol. The summed E-state index contributed by atoms with van der Waals surface area (Å²) in [6.45, 7) is 0.489. The van der Waals surface area contributed by atoms with Crippen LogP contribution < -0.4 is 11.1 Å². The quantitative estimate of drug-likeness (QED) is 0.849. The van der Waals surface area contributed by atoms with Crippen LogP contribution in [0.1, 0.15) is 15.9 Å². The molecule has 5 heteroatoms. The fraction of sp³-hybridized carbons (Fsp3) is 0.133. The molecule has 0 unspecified atom stereocenters. The van der Waals surface area contributed by atoms with Gasteiger partial charge < -0.3 is 15.8 Å². The van der Waals surface area contributed by atoms with Crippen molar-refractivity contribution in [2.24, 2.45) is 0 Å². The van der Waals surface area contributed by atoms with E-state index >= 15 is 0 Å². The molecule has 104 valence electrons. The molecule has 4 nitrogen and oxygen atoms in total. The van der Waals surface area contributed by atoms with Crippen LogP contribution in [-0.4, -0.2) is 13.0 Å². The summed E-state index contributed by atoms with van der Waals surface area (Å²) in [5, 5.41) is 3.16. The van der Waals surface area contributed by atoms with Crippen LogP contribution in [0.5, 0.6) is 0 Å². The molecule has 3 N–H and O–H groups in total. The van der Waals surface area contributed by atoms with Gasteiger partial charge in [0.05, 0.1) is 17.2 Å². The largest absolute Gasteiger partial charge is 0.399 e. The normalized spacial score (nSPS) is 10.3. The Morgan fingerprint density at radius 1 is 1.30 bits per heavy atom. The fourth-order valence-corrected chi connectivity index (χ4v) is 2.02. The highest BCUT2D eigenvalue weighted by Crippen LogP contribution is 2.20. The molecule has 0 bridgehead atoms. The number of rotatable bonds is 4. The molecular weight excluding hydrogens is 276 g/mol. The van der Waals surface area contributed by atoms with E-state index in [1.54, 1.807) is 31.4 Å². The van der Waals surface area contributed by atoms with Crippen molar-refractivity contribution in [1.29, 1.82) is 0 Å². The van der Waals surface area contributed by atoms with Crippen LogP contribution in [0.25, 0.3) is 0 Å². The van der Waals surface area contributed by atoms with Crippen molar-refractivity contribution in [2.45, 2.75) is 6.61 Å². The number of hydrogen-bond acceptors (Lipinski definition) is 3. The summed E-state index contributed by atoms with van der Waals surface area (Å²) in [4.78, 5) is 12.2. The van der Waals surface area contributed by atoms with Crippen molar-refractivity contribution in [2.75, 3.05) is 18.2 Å². The third kappa shape index (κ3) is 3.50. The number of anilines is 2. The number of benzene rings is 2. The smallest absolute Gasteiger partial charge is 0.257 e. The number of ether oxygens (including phenoxy) is 1. The maximum absolute atomic E-state index is 12.2. The molecule has 1 amide bonds. The van der Waals surface area contributed by atoms with Gasteiger partial charge in [-0.05, 0) is 35.9 Å². The van der Waals surface area contributed by atoms with Gasteiger partial charge in [0.1, 0.15) is 0 Å². The standard InChI is InChI=1S/C15H15ClN2O2/c1-20-9-10-3-2-4-12(7-10)18-15(19)13-8-11(17)5-6-14(13)16/h2-8H,9,17H2,1H3,(H,18,19). The molecule has 20 heavy (non-hydrogen) atoms. The van der Waals surface area contributed by atoms with Gasteiger partial charge in [0.25, 0.3) is 5.91 Å². The van der Waals surface area contributed by atoms with Crippen LogP contribution in [-0.2, 0) is 11.3 Å². The summed E-state index contributed by atoms with van der Waals surface area (Å²) in [6.07, 6.45) is 0. The summed E-state index contributed by atoms with van der Waals surface area (Å²) >= 11 is 6.00. The summed E-state index contributed by atoms with van der Waals surface area (Å²) in [5.74, 6) is -0.295. The van der Waals surface area contributed by atoms with E-state index < -0.39 is 0 Å². The van der Waals surface area contributed by atoms with E-state index in [0.29, 0.717) is 28.6 Å². The first-order valence-electron chi connectivity index (χ1n) is 6.04. The molecule has 0 aliphatic heterocycles. The van der Waals surface area contributed by atoms with Crippen LogP contribution in [0.2, 0.25) is 5.02 Å². The Labute approximate surface area is 122 Å². The van der Waals surface area contributed by atoms with E-state index in [2.05, 4.69) is 5.32 Å². The minimum atomic E-state index is -0.295. The summed E-state index contributed by atoms with van der Waals surface area (Å²) in [7, 11) is 1.62. The van der Waals surface area contributed by atoms with Crippen molar-refractivity contribution in [3.8, 4) is 0 Å². The highest BCUT2D eigenvalue weighted by Gasteiger charge is 2.11. The van der Waals surface area contributed by atoms with Gasteiger partial charge in [0.2, 0.25) is 0 Å². The van der Waals surface area contributed by atoms with Crippen molar-refractivity contribution < 1.29 is 9.53 Å². The Bertz CT molecular complexity index is 629. The Morgan fingerprint density at radius 3 is 2.85 bits per heavy atom. The number of nitrogens with one attached hydrogen (secondary N) is 1. The summed E-state index contributed by atoms with van der Waals surface area (Å²) < 4.78 is 5.06. The Balaban J connectivity index is 2.19. The lowest BCUT2D eigenvalue weighted by atomic mass is 10.1. The van der Waals surface area contributed by atoms with E-state index in [0.717, 1.165) is 5.56 Å². The average molecular weight is 291 g/mol. The third-order valence-electron chi connectivity index (χ3n) is 2.73. The van der Waals surface area contributed by atoms with Gasteiger partial charge in [-0.25, -0.2) is 0 Å². The van der Waals surface area contributed by atoms with Gasteiger partial charge >= 0.3 is 0 Å². The first-order chi connectivity index (χ1) is 9.60. The first-order valence-corrected chi connectivity index (χ1v) is 6.42. The fourth-order valence-electron chi connectivity index (χ4n) is 1.82. The average Bonchev–Trinajstić information content (AvgIpc) is 2.42. The van der Waals surface area contributed by atoms with E-state index in [9.17, 15) is 4.79 Å². The van der Waals surface area contributed by atoms with Crippen LogP contribution >= 0.6 is 11.6 Å². The first kappa shape index (κ1) is 14.4. The number of hydrogen-bond donors (Lipinski definition) is 2. The van der Waals surface area contributed by atoms with E-state index in [1.165, 1.54) is 0 Å². The van der Waals surface area contributed by atoms with Crippen LogP contribution in [0.4, 0.5) is 11.4 Å². The molecule has 2 aromatic carbocycles. The number of nitrogens with two attached hydrogens (primary N) is 1. The maximum Gasteiger partial charge on any atom is 0.257 e. The van der Waals surface area contributed by atoms with Gasteiger partial charge in [-0.3, -0.25) is 4.79 Å². The van der Waals surface area contributed by atoms with Crippen LogP contribution in [0.3, 0.4) is 0 Å². The van der Waals surface area contributed by atoms with E-state index in [1.807, 2.05) is 18.2 Å². The number of carbonyl (C=O) groups excluding carboxylic acids is 1. The highest BCUT2D eigenvalue weighted by atomic mass is 35.5. The van der Waals surface area contributed by atoms with Gasteiger partial charge in [-0.2, -0.15) is 0 Å². The van der Waals surface area contributed by atoms with Gasteiger partial charge in [-0.1, -0.05) is 23.7 Å². The number of halogens is 1. The number of carbonyl (C=O) groups is 1. The SMILES string of the molecule is COCc1cccc(NC(=O)c2cc(N)ccc2Cl)c1. The van der Waals surface area contributed by atoms with E-state index in [4.69, 9.17) is 22.1 Å². The van der Waals surface area contributed by atoms with Gasteiger partial charge in [-0.15, -0.1) is 0 Å². The second-order valence-corrected chi connectivity index (χ2v) is 4.73. The molecule has 0 heterocycles. The zero-order valence-corrected chi connectivity index (χ0v) is 11.8. The minimum Gasteiger partial charge on any atom is -0.399 e. The van der Waals surface area contributed by atoms with Gasteiger partial charge in [0.15, 0.2) is 0 Å². The topological polar surface area (TPSA) is 64.3 Å². The van der Waals surface area contributed by atoms with Crippen molar-refractivity contribution in [3.05, 3.63) is 58.6 Å².